The summed E-state index contributed by atoms with van der Waals surface area (Å²) in [5.74, 6) is -0.171. The van der Waals surface area contributed by atoms with Crippen molar-refractivity contribution in [2.45, 2.75) is 52.6 Å². The summed E-state index contributed by atoms with van der Waals surface area (Å²) in [5, 5.41) is 3.02. The molecule has 1 atom stereocenters. The average Bonchev–Trinajstić information content (AvgIpc) is 2.84. The molecule has 3 aromatic rings. The van der Waals surface area contributed by atoms with Gasteiger partial charge >= 0.3 is 0 Å². The van der Waals surface area contributed by atoms with Crippen molar-refractivity contribution in [3.63, 3.8) is 0 Å². The van der Waals surface area contributed by atoms with Gasteiger partial charge in [-0.05, 0) is 60.2 Å². The number of hydrogen-bond donors (Lipinski definition) is 1. The fraction of sp³-hybridized carbons (Fsp3) is 0.310. The first kappa shape index (κ1) is 25.7. The molecule has 0 saturated heterocycles. The van der Waals surface area contributed by atoms with E-state index in [9.17, 15) is 9.59 Å². The highest BCUT2D eigenvalue weighted by atomic mass is 79.9. The predicted octanol–water partition coefficient (Wildman–Crippen LogP) is 5.77. The maximum absolute atomic E-state index is 13.7. The smallest absolute Gasteiger partial charge is 0.243 e. The van der Waals surface area contributed by atoms with Gasteiger partial charge in [-0.1, -0.05) is 83.5 Å². The molecule has 0 aliphatic heterocycles. The molecule has 0 aliphatic rings. The van der Waals surface area contributed by atoms with Crippen molar-refractivity contribution in [1.29, 1.82) is 0 Å². The highest BCUT2D eigenvalue weighted by Crippen LogP contribution is 2.19. The van der Waals surface area contributed by atoms with E-state index < -0.39 is 6.04 Å². The predicted molar refractivity (Wildman–Crippen MR) is 142 cm³/mol. The summed E-state index contributed by atoms with van der Waals surface area (Å²) in [4.78, 5) is 28.8. The minimum Gasteiger partial charge on any atom is -0.354 e. The van der Waals surface area contributed by atoms with Crippen molar-refractivity contribution in [3.8, 4) is 0 Å². The summed E-state index contributed by atoms with van der Waals surface area (Å²) < 4.78 is 0.978. The fourth-order valence-corrected chi connectivity index (χ4v) is 4.16. The molecule has 0 radical (unpaired) electrons. The van der Waals surface area contributed by atoms with Gasteiger partial charge in [0.05, 0.1) is 6.42 Å². The molecule has 0 saturated carbocycles. The third-order valence-corrected chi connectivity index (χ3v) is 6.54. The molecule has 0 fully saturated rings. The molecule has 1 N–H and O–H groups in total. The Bertz CT molecular complexity index is 1100. The highest BCUT2D eigenvalue weighted by molar-refractivity contribution is 9.10. The van der Waals surface area contributed by atoms with E-state index in [2.05, 4.69) is 41.2 Å². The van der Waals surface area contributed by atoms with Crippen LogP contribution in [0.5, 0.6) is 0 Å². The zero-order valence-electron chi connectivity index (χ0n) is 20.2. The van der Waals surface area contributed by atoms with Crippen LogP contribution in [0, 0.1) is 13.8 Å². The summed E-state index contributed by atoms with van der Waals surface area (Å²) in [6.45, 7) is 7.10. The molecule has 1 unspecified atom stereocenters. The molecule has 5 heteroatoms. The van der Waals surface area contributed by atoms with Crippen molar-refractivity contribution < 1.29 is 9.59 Å². The van der Waals surface area contributed by atoms with Gasteiger partial charge < -0.3 is 10.2 Å². The first-order valence-electron chi connectivity index (χ1n) is 11.8. The second-order valence-corrected chi connectivity index (χ2v) is 9.66. The number of carbonyl (C=O) groups excluding carboxylic acids is 2. The van der Waals surface area contributed by atoms with Crippen molar-refractivity contribution in [3.05, 3.63) is 105 Å². The van der Waals surface area contributed by atoms with Crippen LogP contribution in [0.4, 0.5) is 0 Å². The molecule has 3 rings (SSSR count). The van der Waals surface area contributed by atoms with E-state index in [0.29, 0.717) is 19.5 Å². The van der Waals surface area contributed by atoms with Gasteiger partial charge in [-0.2, -0.15) is 0 Å². The molecule has 0 heterocycles. The Morgan fingerprint density at radius 2 is 1.56 bits per heavy atom. The quantitative estimate of drug-likeness (QED) is 0.368. The number of halogens is 1. The van der Waals surface area contributed by atoms with Crippen LogP contribution in [0.1, 0.15) is 41.2 Å². The molecule has 4 nitrogen and oxygen atoms in total. The number of nitrogens with one attached hydrogen (secondary N) is 1. The summed E-state index contributed by atoms with van der Waals surface area (Å²) in [6, 6.07) is 23.3. The number of nitrogens with zero attached hydrogens (tertiary/aromatic N) is 1. The molecular formula is C29H33BrN2O2. The number of carbonyl (C=O) groups is 2. The molecule has 3 aromatic carbocycles. The lowest BCUT2D eigenvalue weighted by Gasteiger charge is -2.32. The zero-order valence-corrected chi connectivity index (χ0v) is 21.8. The van der Waals surface area contributed by atoms with E-state index in [0.717, 1.165) is 33.1 Å². The number of aryl methyl sites for hydroxylation is 2. The Morgan fingerprint density at radius 3 is 2.21 bits per heavy atom. The van der Waals surface area contributed by atoms with Gasteiger partial charge in [-0.25, -0.2) is 0 Å². The molecule has 0 spiro atoms. The molecular weight excluding hydrogens is 488 g/mol. The standard InChI is InChI=1S/C29H33BrN2O2/c1-4-16-31-29(34)27(18-23-8-6-5-7-9-23)32(20-24-12-14-26(30)15-13-24)28(33)19-25-11-10-21(2)22(3)17-25/h5-15,17,27H,4,16,18-20H2,1-3H3,(H,31,34). The van der Waals surface area contributed by atoms with E-state index in [1.807, 2.05) is 73.7 Å². The minimum atomic E-state index is -0.600. The molecule has 0 bridgehead atoms. The number of hydrogen-bond acceptors (Lipinski definition) is 2. The van der Waals surface area contributed by atoms with Crippen molar-refractivity contribution in [2.24, 2.45) is 0 Å². The summed E-state index contributed by atoms with van der Waals surface area (Å²) in [6.07, 6.45) is 1.56. The van der Waals surface area contributed by atoms with Crippen LogP contribution in [0.25, 0.3) is 0 Å². The molecule has 2 amide bonds. The van der Waals surface area contributed by atoms with E-state index in [-0.39, 0.29) is 18.2 Å². The van der Waals surface area contributed by atoms with Gasteiger partial charge in [0.25, 0.3) is 0 Å². The topological polar surface area (TPSA) is 49.4 Å². The Hall–Kier alpha value is -2.92. The van der Waals surface area contributed by atoms with Crippen LogP contribution in [0.2, 0.25) is 0 Å². The Kier molecular flexibility index (Phi) is 9.46. The van der Waals surface area contributed by atoms with Crippen LogP contribution in [0.15, 0.2) is 77.3 Å². The molecule has 0 aliphatic carbocycles. The van der Waals surface area contributed by atoms with Crippen molar-refractivity contribution in [1.82, 2.24) is 10.2 Å². The number of benzene rings is 3. The molecule has 0 aromatic heterocycles. The van der Waals surface area contributed by atoms with Gasteiger partial charge in [0.2, 0.25) is 11.8 Å². The second-order valence-electron chi connectivity index (χ2n) is 8.74. The zero-order chi connectivity index (χ0) is 24.5. The van der Waals surface area contributed by atoms with Crippen molar-refractivity contribution >= 4 is 27.7 Å². The second kappa shape index (κ2) is 12.5. The van der Waals surface area contributed by atoms with Gasteiger partial charge in [0.15, 0.2) is 0 Å². The summed E-state index contributed by atoms with van der Waals surface area (Å²) in [5.41, 5.74) is 5.33. The van der Waals surface area contributed by atoms with E-state index in [4.69, 9.17) is 0 Å². The summed E-state index contributed by atoms with van der Waals surface area (Å²) >= 11 is 3.48. The van der Waals surface area contributed by atoms with Crippen LogP contribution in [-0.2, 0) is 29.0 Å². The van der Waals surface area contributed by atoms with Crippen LogP contribution in [-0.4, -0.2) is 29.3 Å². The van der Waals surface area contributed by atoms with E-state index in [1.165, 1.54) is 5.56 Å². The number of amides is 2. The third kappa shape index (κ3) is 7.29. The lowest BCUT2D eigenvalue weighted by Crippen LogP contribution is -2.51. The largest absolute Gasteiger partial charge is 0.354 e. The number of rotatable bonds is 10. The van der Waals surface area contributed by atoms with Crippen LogP contribution >= 0.6 is 15.9 Å². The van der Waals surface area contributed by atoms with Crippen LogP contribution in [0.3, 0.4) is 0 Å². The van der Waals surface area contributed by atoms with Gasteiger partial charge in [0, 0.05) is 24.0 Å². The van der Waals surface area contributed by atoms with E-state index >= 15 is 0 Å². The normalized spacial score (nSPS) is 11.6. The Morgan fingerprint density at radius 1 is 0.882 bits per heavy atom. The van der Waals surface area contributed by atoms with E-state index in [1.54, 1.807) is 4.90 Å². The van der Waals surface area contributed by atoms with Gasteiger partial charge in [-0.3, -0.25) is 9.59 Å². The lowest BCUT2D eigenvalue weighted by atomic mass is 10.00. The lowest BCUT2D eigenvalue weighted by molar-refractivity contribution is -0.140. The third-order valence-electron chi connectivity index (χ3n) is 6.01. The monoisotopic (exact) mass is 520 g/mol. The highest BCUT2D eigenvalue weighted by Gasteiger charge is 2.30. The van der Waals surface area contributed by atoms with Crippen LogP contribution < -0.4 is 5.32 Å². The van der Waals surface area contributed by atoms with Crippen molar-refractivity contribution in [2.75, 3.05) is 6.54 Å². The Labute approximate surface area is 211 Å². The SMILES string of the molecule is CCCNC(=O)C(Cc1ccccc1)N(Cc1ccc(Br)cc1)C(=O)Cc1ccc(C)c(C)c1. The van der Waals surface area contributed by atoms with Gasteiger partial charge in [0.1, 0.15) is 6.04 Å². The summed E-state index contributed by atoms with van der Waals surface area (Å²) in [7, 11) is 0. The van der Waals surface area contributed by atoms with Gasteiger partial charge in [-0.15, -0.1) is 0 Å². The maximum atomic E-state index is 13.7. The Balaban J connectivity index is 1.95. The maximum Gasteiger partial charge on any atom is 0.243 e. The molecule has 34 heavy (non-hydrogen) atoms. The average molecular weight is 521 g/mol. The first-order valence-corrected chi connectivity index (χ1v) is 12.6. The first-order chi connectivity index (χ1) is 16.4. The minimum absolute atomic E-state index is 0.0567. The fourth-order valence-electron chi connectivity index (χ4n) is 3.90. The molecule has 178 valence electrons.